The first kappa shape index (κ1) is 11.9. The van der Waals surface area contributed by atoms with Crippen molar-refractivity contribution in [2.75, 3.05) is 19.6 Å². The average Bonchev–Trinajstić information content (AvgIpc) is 2.20. The van der Waals surface area contributed by atoms with Gasteiger partial charge in [0.1, 0.15) is 5.78 Å². The van der Waals surface area contributed by atoms with Gasteiger partial charge < -0.3 is 5.11 Å². The van der Waals surface area contributed by atoms with E-state index in [9.17, 15) is 9.59 Å². The molecule has 4 heteroatoms. The van der Waals surface area contributed by atoms with Gasteiger partial charge in [-0.15, -0.1) is 0 Å². The van der Waals surface area contributed by atoms with Crippen LogP contribution >= 0.6 is 0 Å². The van der Waals surface area contributed by atoms with E-state index in [0.717, 1.165) is 25.6 Å². The molecule has 1 rings (SSSR count). The number of aliphatic carboxylic acids is 1. The molecule has 0 aromatic carbocycles. The smallest absolute Gasteiger partial charge is 0.328 e. The molecule has 84 valence electrons. The number of rotatable bonds is 4. The number of carbonyl (C=O) groups is 2. The molecule has 0 bridgehead atoms. The highest BCUT2D eigenvalue weighted by atomic mass is 16.4. The third kappa shape index (κ3) is 3.83. The Morgan fingerprint density at radius 3 is 3.00 bits per heavy atom. The van der Waals surface area contributed by atoms with Gasteiger partial charge >= 0.3 is 5.97 Å². The van der Waals surface area contributed by atoms with Crippen LogP contribution in [0.25, 0.3) is 0 Å². The minimum atomic E-state index is -0.921. The van der Waals surface area contributed by atoms with E-state index >= 15 is 0 Å². The predicted octanol–water partition coefficient (Wildman–Crippen LogP) is 0.928. The fraction of sp³-hybridized carbons (Fsp3) is 0.636. The van der Waals surface area contributed by atoms with Gasteiger partial charge in [-0.1, -0.05) is 13.0 Å². The molecule has 1 heterocycles. The first-order valence-corrected chi connectivity index (χ1v) is 5.28. The number of piperidine rings is 1. The van der Waals surface area contributed by atoms with Gasteiger partial charge in [-0.25, -0.2) is 4.79 Å². The molecule has 0 saturated carbocycles. The number of hydrogen-bond donors (Lipinski definition) is 1. The normalized spacial score (nSPS) is 23.5. The third-order valence-corrected chi connectivity index (χ3v) is 2.73. The zero-order valence-corrected chi connectivity index (χ0v) is 8.98. The van der Waals surface area contributed by atoms with Crippen LogP contribution in [0.2, 0.25) is 0 Å². The second-order valence-corrected chi connectivity index (χ2v) is 3.82. The number of ketones is 1. The van der Waals surface area contributed by atoms with Gasteiger partial charge in [-0.2, -0.15) is 0 Å². The van der Waals surface area contributed by atoms with E-state index in [1.54, 1.807) is 6.08 Å². The van der Waals surface area contributed by atoms with Crippen molar-refractivity contribution in [3.8, 4) is 0 Å². The lowest BCUT2D eigenvalue weighted by Gasteiger charge is -2.30. The van der Waals surface area contributed by atoms with Crippen LogP contribution < -0.4 is 0 Å². The van der Waals surface area contributed by atoms with Crippen molar-refractivity contribution in [2.24, 2.45) is 5.92 Å². The molecule has 0 radical (unpaired) electrons. The first-order valence-electron chi connectivity index (χ1n) is 5.28. The number of likely N-dealkylation sites (tertiary alicyclic amines) is 1. The van der Waals surface area contributed by atoms with Gasteiger partial charge in [-0.05, 0) is 6.42 Å². The molecule has 1 fully saturated rings. The molecule has 15 heavy (non-hydrogen) atoms. The lowest BCUT2D eigenvalue weighted by molar-refractivity contribution is -0.131. The number of hydrogen-bond acceptors (Lipinski definition) is 3. The molecule has 0 aromatic rings. The van der Waals surface area contributed by atoms with Crippen LogP contribution in [0.1, 0.15) is 19.8 Å². The summed E-state index contributed by atoms with van der Waals surface area (Å²) >= 11 is 0. The highest BCUT2D eigenvalue weighted by Gasteiger charge is 2.24. The quantitative estimate of drug-likeness (QED) is 0.703. The van der Waals surface area contributed by atoms with E-state index in [1.807, 2.05) is 6.92 Å². The summed E-state index contributed by atoms with van der Waals surface area (Å²) < 4.78 is 0. The van der Waals surface area contributed by atoms with E-state index in [0.29, 0.717) is 18.7 Å². The van der Waals surface area contributed by atoms with Crippen LogP contribution in [0.5, 0.6) is 0 Å². The van der Waals surface area contributed by atoms with Crippen LogP contribution in [-0.2, 0) is 9.59 Å². The maximum Gasteiger partial charge on any atom is 0.328 e. The van der Waals surface area contributed by atoms with Crippen LogP contribution in [0.3, 0.4) is 0 Å². The van der Waals surface area contributed by atoms with E-state index in [1.165, 1.54) is 0 Å². The van der Waals surface area contributed by atoms with Crippen LogP contribution in [0.15, 0.2) is 12.2 Å². The molecule has 0 amide bonds. The third-order valence-electron chi connectivity index (χ3n) is 2.73. The van der Waals surface area contributed by atoms with Crippen LogP contribution in [0.4, 0.5) is 0 Å². The van der Waals surface area contributed by atoms with Gasteiger partial charge in [0.05, 0.1) is 0 Å². The number of Topliss-reactive ketones (excluding diaryl/α,β-unsaturated/α-hetero) is 1. The molecule has 0 aromatic heterocycles. The molecular weight excluding hydrogens is 194 g/mol. The average molecular weight is 211 g/mol. The maximum absolute atomic E-state index is 11.4. The lowest BCUT2D eigenvalue weighted by atomic mass is 9.94. The number of carboxylic acid groups (broad SMARTS) is 1. The summed E-state index contributed by atoms with van der Waals surface area (Å²) in [6.45, 7) is 4.15. The van der Waals surface area contributed by atoms with Crippen molar-refractivity contribution >= 4 is 11.8 Å². The van der Waals surface area contributed by atoms with Crippen molar-refractivity contribution in [3.05, 3.63) is 12.2 Å². The molecule has 1 aliphatic heterocycles. The Balaban J connectivity index is 2.38. The van der Waals surface area contributed by atoms with E-state index in [4.69, 9.17) is 5.11 Å². The summed E-state index contributed by atoms with van der Waals surface area (Å²) in [6.07, 6.45) is 4.25. The summed E-state index contributed by atoms with van der Waals surface area (Å²) in [6, 6.07) is 0. The van der Waals surface area contributed by atoms with Crippen molar-refractivity contribution in [2.45, 2.75) is 19.8 Å². The Labute approximate surface area is 89.6 Å². The van der Waals surface area contributed by atoms with Crippen molar-refractivity contribution < 1.29 is 14.7 Å². The summed E-state index contributed by atoms with van der Waals surface area (Å²) in [5.74, 6) is -0.442. The van der Waals surface area contributed by atoms with E-state index < -0.39 is 5.97 Å². The largest absolute Gasteiger partial charge is 0.478 e. The molecule has 0 aliphatic carbocycles. The number of nitrogens with zero attached hydrogens (tertiary/aromatic N) is 1. The second-order valence-electron chi connectivity index (χ2n) is 3.82. The Kier molecular flexibility index (Phi) is 4.49. The van der Waals surface area contributed by atoms with Crippen molar-refractivity contribution in [3.63, 3.8) is 0 Å². The topological polar surface area (TPSA) is 57.6 Å². The minimum absolute atomic E-state index is 0.136. The first-order chi connectivity index (χ1) is 7.13. The molecule has 1 N–H and O–H groups in total. The molecule has 1 unspecified atom stereocenters. The molecule has 1 atom stereocenters. The van der Waals surface area contributed by atoms with Crippen molar-refractivity contribution in [1.29, 1.82) is 0 Å². The fourth-order valence-electron chi connectivity index (χ4n) is 1.80. The molecule has 1 saturated heterocycles. The molecule has 0 spiro atoms. The zero-order chi connectivity index (χ0) is 11.3. The Morgan fingerprint density at radius 2 is 2.40 bits per heavy atom. The monoisotopic (exact) mass is 211 g/mol. The standard InChI is InChI=1S/C11H17NO3/c1-2-9-8-12(7-5-10(9)13)6-3-4-11(14)15/h3-4,9H,2,5-8H2,1H3,(H,14,15)/b4-3+. The van der Waals surface area contributed by atoms with Gasteiger partial charge in [-0.3, -0.25) is 9.69 Å². The van der Waals surface area contributed by atoms with Crippen LogP contribution in [-0.4, -0.2) is 41.4 Å². The van der Waals surface area contributed by atoms with Gasteiger partial charge in [0.25, 0.3) is 0 Å². The second kappa shape index (κ2) is 5.66. The fourth-order valence-corrected chi connectivity index (χ4v) is 1.80. The molecule has 4 nitrogen and oxygen atoms in total. The van der Waals surface area contributed by atoms with Gasteiger partial charge in [0.15, 0.2) is 0 Å². The van der Waals surface area contributed by atoms with Gasteiger partial charge in [0, 0.05) is 38.0 Å². The van der Waals surface area contributed by atoms with Crippen LogP contribution in [0, 0.1) is 5.92 Å². The Hall–Kier alpha value is -1.16. The summed E-state index contributed by atoms with van der Waals surface area (Å²) in [5.41, 5.74) is 0. The summed E-state index contributed by atoms with van der Waals surface area (Å²) in [5, 5.41) is 8.42. The maximum atomic E-state index is 11.4. The summed E-state index contributed by atoms with van der Waals surface area (Å²) in [4.78, 5) is 23.8. The minimum Gasteiger partial charge on any atom is -0.478 e. The van der Waals surface area contributed by atoms with Crippen molar-refractivity contribution in [1.82, 2.24) is 4.90 Å². The molecular formula is C11H17NO3. The SMILES string of the molecule is CCC1CN(C/C=C/C(=O)O)CCC1=O. The summed E-state index contributed by atoms with van der Waals surface area (Å²) in [7, 11) is 0. The Morgan fingerprint density at radius 1 is 1.67 bits per heavy atom. The Bertz CT molecular complexity index is 273. The van der Waals surface area contributed by atoms with E-state index in [-0.39, 0.29) is 5.92 Å². The predicted molar refractivity (Wildman–Crippen MR) is 56.6 cm³/mol. The van der Waals surface area contributed by atoms with Gasteiger partial charge in [0.2, 0.25) is 0 Å². The zero-order valence-electron chi connectivity index (χ0n) is 8.98. The highest BCUT2D eigenvalue weighted by Crippen LogP contribution is 2.15. The van der Waals surface area contributed by atoms with E-state index in [2.05, 4.69) is 4.90 Å². The highest BCUT2D eigenvalue weighted by molar-refractivity contribution is 5.82. The number of carboxylic acids is 1. The number of carbonyl (C=O) groups excluding carboxylic acids is 1. The molecule has 1 aliphatic rings. The lowest BCUT2D eigenvalue weighted by Crippen LogP contribution is -2.40.